The number of amides is 1. The number of nitrogens with zero attached hydrogens (tertiary/aromatic N) is 1. The molecule has 0 aliphatic carbocycles. The molecule has 1 fully saturated rings. The number of aromatic amines is 1. The van der Waals surface area contributed by atoms with Gasteiger partial charge in [0.05, 0.1) is 17.5 Å². The number of pyridine rings is 2. The highest BCUT2D eigenvalue weighted by atomic mass is 32.2. The molecule has 1 atom stereocenters. The first-order valence-corrected chi connectivity index (χ1v) is 13.1. The van der Waals surface area contributed by atoms with E-state index in [1.54, 1.807) is 24.7 Å². The summed E-state index contributed by atoms with van der Waals surface area (Å²) in [6.45, 7) is 0.536. The van der Waals surface area contributed by atoms with Crippen LogP contribution in [0.1, 0.15) is 18.4 Å². The van der Waals surface area contributed by atoms with Crippen LogP contribution in [0.25, 0.3) is 11.1 Å². The Bertz CT molecular complexity index is 1260. The minimum absolute atomic E-state index is 0.169. The number of nitrogens with one attached hydrogen (secondary N) is 3. The summed E-state index contributed by atoms with van der Waals surface area (Å²) in [7, 11) is -2.94. The fourth-order valence-electron chi connectivity index (χ4n) is 4.07. The zero-order chi connectivity index (χ0) is 24.0. The van der Waals surface area contributed by atoms with E-state index in [4.69, 9.17) is 0 Å². The molecule has 1 saturated heterocycles. The molecule has 8 nitrogen and oxygen atoms in total. The summed E-state index contributed by atoms with van der Waals surface area (Å²) in [5, 5.41) is 6.11. The van der Waals surface area contributed by atoms with Crippen molar-refractivity contribution in [2.24, 2.45) is 5.92 Å². The van der Waals surface area contributed by atoms with Gasteiger partial charge in [0.25, 0.3) is 5.56 Å². The minimum Gasteiger partial charge on any atom is -0.327 e. The van der Waals surface area contributed by atoms with Gasteiger partial charge in [-0.05, 0) is 61.1 Å². The van der Waals surface area contributed by atoms with Crippen LogP contribution in [-0.2, 0) is 21.1 Å². The highest BCUT2D eigenvalue weighted by Crippen LogP contribution is 2.20. The van der Waals surface area contributed by atoms with Crippen molar-refractivity contribution < 1.29 is 13.2 Å². The van der Waals surface area contributed by atoms with Crippen molar-refractivity contribution in [2.75, 3.05) is 23.4 Å². The number of aromatic nitrogens is 2. The second kappa shape index (κ2) is 10.8. The third-order valence-electron chi connectivity index (χ3n) is 6.10. The van der Waals surface area contributed by atoms with E-state index in [9.17, 15) is 18.0 Å². The van der Waals surface area contributed by atoms with Gasteiger partial charge in [0, 0.05) is 24.2 Å². The summed E-state index contributed by atoms with van der Waals surface area (Å²) in [6.07, 6.45) is 6.54. The van der Waals surface area contributed by atoms with E-state index < -0.39 is 15.9 Å². The van der Waals surface area contributed by atoms with Gasteiger partial charge in [0.1, 0.15) is 15.5 Å². The van der Waals surface area contributed by atoms with E-state index in [0.29, 0.717) is 25.8 Å². The van der Waals surface area contributed by atoms with E-state index in [0.717, 1.165) is 16.7 Å². The van der Waals surface area contributed by atoms with Crippen molar-refractivity contribution in [2.45, 2.75) is 25.3 Å². The summed E-state index contributed by atoms with van der Waals surface area (Å²) < 4.78 is 23.5. The van der Waals surface area contributed by atoms with Gasteiger partial charge in [-0.15, -0.1) is 0 Å². The first-order chi connectivity index (χ1) is 16.4. The van der Waals surface area contributed by atoms with Crippen LogP contribution in [0.5, 0.6) is 0 Å². The lowest BCUT2D eigenvalue weighted by atomic mass is 10.0. The van der Waals surface area contributed by atoms with Crippen molar-refractivity contribution in [3.8, 4) is 11.1 Å². The summed E-state index contributed by atoms with van der Waals surface area (Å²) in [4.78, 5) is 32.4. The molecular weight excluding hydrogens is 452 g/mol. The molecule has 3 N–H and O–H groups in total. The van der Waals surface area contributed by atoms with Gasteiger partial charge >= 0.3 is 0 Å². The number of rotatable bonds is 8. The van der Waals surface area contributed by atoms with Gasteiger partial charge in [0.15, 0.2) is 0 Å². The first-order valence-electron chi connectivity index (χ1n) is 11.3. The normalized spacial score (nSPS) is 16.6. The lowest BCUT2D eigenvalue weighted by molar-refractivity contribution is -0.118. The number of benzene rings is 1. The molecule has 2 aromatic heterocycles. The van der Waals surface area contributed by atoms with E-state index >= 15 is 0 Å². The van der Waals surface area contributed by atoms with Crippen LogP contribution < -0.4 is 16.2 Å². The molecule has 3 heterocycles. The fraction of sp³-hybridized carbons (Fsp3) is 0.320. The van der Waals surface area contributed by atoms with E-state index in [1.165, 1.54) is 0 Å². The largest absolute Gasteiger partial charge is 0.327 e. The number of sulfone groups is 1. The fourth-order valence-corrected chi connectivity index (χ4v) is 5.66. The summed E-state index contributed by atoms with van der Waals surface area (Å²) in [5.74, 6) is 0.246. The van der Waals surface area contributed by atoms with Gasteiger partial charge < -0.3 is 15.6 Å². The maximum absolute atomic E-state index is 13.3. The molecule has 0 bridgehead atoms. The number of H-pyrrole nitrogens is 1. The molecule has 9 heteroatoms. The standard InChI is InChI=1S/C25H28N4O4S/c30-24-23(15-21(17-28-24)20-6-10-26-11-7-20)29-25(31)22(14-18-4-2-1-3-5-18)27-16-19-8-12-34(32,33)13-9-19/h1-7,10-11,15,17,19,22,27H,8-9,12-14,16H2,(H,28,30)(H,29,31)/t22-/m0/s1. The number of carbonyl (C=O) groups excluding carboxylic acids is 1. The smallest absolute Gasteiger partial charge is 0.271 e. The van der Waals surface area contributed by atoms with Gasteiger partial charge in [-0.1, -0.05) is 30.3 Å². The Hall–Kier alpha value is -3.30. The maximum atomic E-state index is 13.3. The van der Waals surface area contributed by atoms with Crippen molar-refractivity contribution >= 4 is 21.4 Å². The second-order valence-electron chi connectivity index (χ2n) is 8.60. The molecule has 3 aromatic rings. The Kier molecular flexibility index (Phi) is 7.54. The third kappa shape index (κ3) is 6.39. The molecule has 34 heavy (non-hydrogen) atoms. The second-order valence-corrected chi connectivity index (χ2v) is 10.9. The lowest BCUT2D eigenvalue weighted by Crippen LogP contribution is -2.45. The summed E-state index contributed by atoms with van der Waals surface area (Å²) in [5.41, 5.74) is 2.40. The Labute approximate surface area is 198 Å². The highest BCUT2D eigenvalue weighted by molar-refractivity contribution is 7.91. The van der Waals surface area contributed by atoms with Crippen molar-refractivity contribution in [1.82, 2.24) is 15.3 Å². The molecular formula is C25H28N4O4S. The third-order valence-corrected chi connectivity index (χ3v) is 7.82. The molecule has 1 amide bonds. The van der Waals surface area contributed by atoms with Gasteiger partial charge in [-0.2, -0.15) is 0 Å². The quantitative estimate of drug-likeness (QED) is 0.455. The monoisotopic (exact) mass is 480 g/mol. The molecule has 1 aliphatic heterocycles. The molecule has 1 aliphatic rings. The molecule has 1 aromatic carbocycles. The van der Waals surface area contributed by atoms with Gasteiger partial charge in [0.2, 0.25) is 5.91 Å². The minimum atomic E-state index is -2.94. The highest BCUT2D eigenvalue weighted by Gasteiger charge is 2.26. The van der Waals surface area contributed by atoms with Crippen molar-refractivity contribution in [3.63, 3.8) is 0 Å². The number of anilines is 1. The molecule has 0 radical (unpaired) electrons. The van der Waals surface area contributed by atoms with E-state index in [-0.39, 0.29) is 34.6 Å². The van der Waals surface area contributed by atoms with E-state index in [1.807, 2.05) is 42.5 Å². The molecule has 4 rings (SSSR count). The number of hydrogen-bond acceptors (Lipinski definition) is 6. The van der Waals surface area contributed by atoms with Crippen molar-refractivity contribution in [3.05, 3.63) is 83.0 Å². The molecule has 178 valence electrons. The predicted octanol–water partition coefficient (Wildman–Crippen LogP) is 2.40. The van der Waals surface area contributed by atoms with Crippen LogP contribution in [0.4, 0.5) is 5.69 Å². The van der Waals surface area contributed by atoms with Crippen LogP contribution in [-0.4, -0.2) is 48.4 Å². The van der Waals surface area contributed by atoms with Gasteiger partial charge in [-0.3, -0.25) is 14.6 Å². The molecule has 0 unspecified atom stereocenters. The number of carbonyl (C=O) groups is 1. The van der Waals surface area contributed by atoms with Crippen LogP contribution >= 0.6 is 0 Å². The Morgan fingerprint density at radius 1 is 1.06 bits per heavy atom. The van der Waals surface area contributed by atoms with Gasteiger partial charge in [-0.25, -0.2) is 8.42 Å². The zero-order valence-corrected chi connectivity index (χ0v) is 19.6. The number of hydrogen-bond donors (Lipinski definition) is 3. The Morgan fingerprint density at radius 3 is 2.47 bits per heavy atom. The van der Waals surface area contributed by atoms with Crippen molar-refractivity contribution in [1.29, 1.82) is 0 Å². The maximum Gasteiger partial charge on any atom is 0.271 e. The zero-order valence-electron chi connectivity index (χ0n) is 18.7. The topological polar surface area (TPSA) is 121 Å². The first kappa shape index (κ1) is 23.8. The molecule has 0 saturated carbocycles. The Morgan fingerprint density at radius 2 is 1.76 bits per heavy atom. The van der Waals surface area contributed by atoms with Crippen LogP contribution in [0.15, 0.2) is 71.9 Å². The SMILES string of the molecule is O=C(Nc1cc(-c2ccncc2)c[nH]c1=O)[C@H](Cc1ccccc1)NCC1CCS(=O)(=O)CC1. The Balaban J connectivity index is 1.49. The van der Waals surface area contributed by atoms with Crippen LogP contribution in [0.2, 0.25) is 0 Å². The van der Waals surface area contributed by atoms with Crippen LogP contribution in [0.3, 0.4) is 0 Å². The summed E-state index contributed by atoms with van der Waals surface area (Å²) in [6, 6.07) is 14.4. The average molecular weight is 481 g/mol. The van der Waals surface area contributed by atoms with E-state index in [2.05, 4.69) is 20.6 Å². The molecule has 0 spiro atoms. The summed E-state index contributed by atoms with van der Waals surface area (Å²) >= 11 is 0. The predicted molar refractivity (Wildman–Crippen MR) is 132 cm³/mol. The average Bonchev–Trinajstić information content (AvgIpc) is 2.85. The lowest BCUT2D eigenvalue weighted by Gasteiger charge is -2.25. The van der Waals surface area contributed by atoms with Crippen LogP contribution in [0, 0.1) is 5.92 Å².